The highest BCUT2D eigenvalue weighted by molar-refractivity contribution is 5.78. The predicted octanol–water partition coefficient (Wildman–Crippen LogP) is -11.7. The molecular weight excluding hydrogens is 1720 g/mol. The van der Waals surface area contributed by atoms with Crippen LogP contribution in [0, 0.1) is 0 Å². The lowest BCUT2D eigenvalue weighted by molar-refractivity contribution is 0.101. The average Bonchev–Trinajstić information content (AvgIpc) is 0.803. The van der Waals surface area contributed by atoms with E-state index in [9.17, 15) is 119 Å². The van der Waals surface area contributed by atoms with Crippen molar-refractivity contribution in [2.45, 2.75) is 152 Å². The summed E-state index contributed by atoms with van der Waals surface area (Å²) in [5.74, 6) is 0.431. The fourth-order valence-corrected chi connectivity index (χ4v) is 15.6. The quantitative estimate of drug-likeness (QED) is 0.0168. The fraction of sp³-hybridized carbons (Fsp3) is 0.639. The monoisotopic (exact) mass is 1850 g/mol. The number of hydrogen-bond acceptors (Lipinski definition) is 36. The smallest absolute Gasteiger partial charge is 0.336 e. The van der Waals surface area contributed by atoms with Gasteiger partial charge in [0.05, 0.1) is 159 Å². The van der Waals surface area contributed by atoms with Crippen molar-refractivity contribution < 1.29 is 66.0 Å². The van der Waals surface area contributed by atoms with Gasteiger partial charge in [0, 0.05) is 107 Å². The number of benzene rings is 3. The van der Waals surface area contributed by atoms with Crippen molar-refractivity contribution >= 4 is 28.4 Å². The van der Waals surface area contributed by atoms with Gasteiger partial charge in [0.2, 0.25) is 0 Å². The molecular formula is C83H135N23O25. The van der Waals surface area contributed by atoms with E-state index in [4.69, 9.17) is 4.74 Å². The summed E-state index contributed by atoms with van der Waals surface area (Å²) in [6.07, 6.45) is -18.1. The van der Waals surface area contributed by atoms with Gasteiger partial charge in [0.15, 0.2) is 0 Å². The van der Waals surface area contributed by atoms with E-state index in [1.54, 1.807) is 205 Å². The molecule has 0 aliphatic heterocycles. The molecule has 131 heavy (non-hydrogen) atoms. The zero-order valence-electron chi connectivity index (χ0n) is 77.8. The maximum atomic E-state index is 14.5. The van der Waals surface area contributed by atoms with Crippen LogP contribution in [-0.4, -0.2) is 427 Å². The van der Waals surface area contributed by atoms with E-state index in [-0.39, 0.29) is 63.7 Å². The summed E-state index contributed by atoms with van der Waals surface area (Å²) in [6.45, 7) is -11.4. The van der Waals surface area contributed by atoms with Gasteiger partial charge >= 0.3 is 68.3 Å². The van der Waals surface area contributed by atoms with Gasteiger partial charge in [-0.2, -0.15) is 0 Å². The van der Waals surface area contributed by atoms with Crippen LogP contribution in [0.4, 0.5) is 28.4 Å². The van der Waals surface area contributed by atoms with Gasteiger partial charge in [-0.05, 0) is 186 Å². The number of methoxy groups -OCH3 is 1. The molecule has 732 valence electrons. The predicted molar refractivity (Wildman–Crippen MR) is 490 cm³/mol. The van der Waals surface area contributed by atoms with Crippen molar-refractivity contribution in [1.29, 1.82) is 0 Å². The highest BCUT2D eigenvalue weighted by atomic mass is 16.5. The topological polar surface area (TPSA) is 552 Å². The molecule has 12 N–H and O–H groups in total. The second-order valence-electron chi connectivity index (χ2n) is 35.5. The molecule has 0 aliphatic carbocycles. The maximum Gasteiger partial charge on any atom is 0.336 e. The molecule has 12 unspecified atom stereocenters. The summed E-state index contributed by atoms with van der Waals surface area (Å²) in [4.78, 5) is 190. The Labute approximate surface area is 754 Å². The third kappa shape index (κ3) is 30.4. The molecule has 0 saturated carbocycles. The molecule has 0 fully saturated rings. The van der Waals surface area contributed by atoms with E-state index in [0.717, 1.165) is 0 Å². The Morgan fingerprint density at radius 1 is 0.198 bits per heavy atom. The molecule has 0 amide bonds. The number of ether oxygens (including phenoxy) is 1. The van der Waals surface area contributed by atoms with Gasteiger partial charge in [-0.15, -0.1) is 0 Å². The number of likely N-dealkylation sites (N-methyl/N-ethyl adjacent to an activating group) is 8. The Hall–Kier alpha value is -10.3. The molecule has 0 radical (unpaired) electrons. The molecule has 0 bridgehead atoms. The summed E-state index contributed by atoms with van der Waals surface area (Å²) in [5, 5.41) is 138. The van der Waals surface area contributed by atoms with Gasteiger partial charge in [-0.1, -0.05) is 0 Å². The summed E-state index contributed by atoms with van der Waals surface area (Å²) in [5.41, 5.74) is -13.1. The minimum absolute atomic E-state index is 0.0468. The second kappa shape index (κ2) is 48.9. The highest BCUT2D eigenvalue weighted by Gasteiger charge is 2.32. The first-order chi connectivity index (χ1) is 61.4. The first kappa shape index (κ1) is 108. The standard InChI is InChI=1S/C83H135N23O25/c1-84(2)30-59(107)42-94-72(119)95(43-60(108)31-85(3)4)77(124)102(76(94)123)50-67(115)38-92(39-68(116)51-103-78(125)96(44-61(109)32-86(5)6)73(120)97(79(103)126)45-62(110)33-87(7)8)54-18-22-56(23-19-54)106(58-26-28-71(131-17)29-27-58)57-24-20-55(21-25-57)93(40-69(117)52-104-80(127)98(46-63(111)34-88(9)10)74(121)99(81(104)128)47-64(112)35-89(11)12)41-70(118)53-105-82(129)100(48-65(113)36-90(13)14)75(122)101(83(105)130)49-66(114)37-91(15)16/h18-29,59-70,107-118H,30-53H2,1-17H3. The lowest BCUT2D eigenvalue weighted by Crippen LogP contribution is -2.58. The lowest BCUT2D eigenvalue weighted by atomic mass is 10.1. The molecule has 7 aromatic rings. The summed E-state index contributed by atoms with van der Waals surface area (Å²) >= 11 is 0. The van der Waals surface area contributed by atoms with E-state index in [1.807, 2.05) is 0 Å². The molecule has 4 aromatic heterocycles. The van der Waals surface area contributed by atoms with Crippen molar-refractivity contribution in [3.05, 3.63) is 199 Å². The molecule has 12 atom stereocenters. The van der Waals surface area contributed by atoms with Gasteiger partial charge in [-0.3, -0.25) is 0 Å². The van der Waals surface area contributed by atoms with E-state index in [1.165, 1.54) is 41.2 Å². The number of anilines is 5. The number of aliphatic hydroxyl groups excluding tert-OH is 12. The van der Waals surface area contributed by atoms with Crippen molar-refractivity contribution in [2.75, 3.05) is 213 Å². The van der Waals surface area contributed by atoms with Crippen LogP contribution in [0.15, 0.2) is 130 Å². The van der Waals surface area contributed by atoms with Crippen LogP contribution in [0.25, 0.3) is 0 Å². The minimum Gasteiger partial charge on any atom is -0.497 e. The molecule has 0 saturated heterocycles. The van der Waals surface area contributed by atoms with E-state index in [0.29, 0.717) is 77.6 Å². The van der Waals surface area contributed by atoms with Gasteiger partial charge < -0.3 is 120 Å². The summed E-state index contributed by atoms with van der Waals surface area (Å²) in [6, 6.07) is 19.2. The van der Waals surface area contributed by atoms with Crippen molar-refractivity contribution in [3.63, 3.8) is 0 Å². The zero-order chi connectivity index (χ0) is 97.8. The second-order valence-corrected chi connectivity index (χ2v) is 35.5. The minimum atomic E-state index is -1.82. The number of aliphatic hydroxyl groups is 12. The fourth-order valence-electron chi connectivity index (χ4n) is 15.6. The third-order valence-corrected chi connectivity index (χ3v) is 20.9. The molecule has 3 aromatic carbocycles. The van der Waals surface area contributed by atoms with Gasteiger partial charge in [0.25, 0.3) is 0 Å². The van der Waals surface area contributed by atoms with Crippen LogP contribution in [0.3, 0.4) is 0 Å². The Kier molecular flexibility index (Phi) is 40.2. The third-order valence-electron chi connectivity index (χ3n) is 20.9. The highest BCUT2D eigenvalue weighted by Crippen LogP contribution is 2.37. The van der Waals surface area contributed by atoms with E-state index in [2.05, 4.69) is 0 Å². The zero-order valence-corrected chi connectivity index (χ0v) is 77.8. The lowest BCUT2D eigenvalue weighted by Gasteiger charge is -2.32. The molecule has 0 aliphatic rings. The molecule has 0 spiro atoms. The Morgan fingerprint density at radius 3 is 0.435 bits per heavy atom. The molecule has 7 rings (SSSR count). The maximum absolute atomic E-state index is 14.5. The molecule has 4 heterocycles. The Morgan fingerprint density at radius 2 is 0.313 bits per heavy atom. The van der Waals surface area contributed by atoms with Gasteiger partial charge in [-0.25, -0.2) is 112 Å². The summed E-state index contributed by atoms with van der Waals surface area (Å²) < 4.78 is 12.6. The number of nitrogens with zero attached hydrogens (tertiary/aromatic N) is 23. The SMILES string of the molecule is COc1ccc(N(c2ccc(N(CC(O)Cn3c(=O)n(CC(O)CN(C)C)c(=O)n(CC(O)CN(C)C)c3=O)CC(O)Cn3c(=O)n(CC(O)CN(C)C)c(=O)n(CC(O)CN(C)C)c3=O)cc2)c2ccc(N(CC(O)Cn3c(=O)n(CC(O)CN(C)C)c(=O)n(CC(O)CN(C)C)c3=O)CC(O)Cn3c(=O)n(CC(O)CN(C)C)c(=O)n(CC(O)CN(C)C)c3=O)cc2)cc1. The largest absolute Gasteiger partial charge is 0.497 e. The molecule has 48 nitrogen and oxygen atoms in total. The van der Waals surface area contributed by atoms with E-state index < -0.39 is 246 Å². The first-order valence-corrected chi connectivity index (χ1v) is 42.7. The van der Waals surface area contributed by atoms with E-state index >= 15 is 0 Å². The van der Waals surface area contributed by atoms with Crippen LogP contribution in [0.5, 0.6) is 5.75 Å². The van der Waals surface area contributed by atoms with Crippen LogP contribution >= 0.6 is 0 Å². The van der Waals surface area contributed by atoms with Crippen molar-refractivity contribution in [1.82, 2.24) is 94.0 Å². The molecule has 48 heteroatoms. The normalized spacial score (nSPS) is 15.0. The van der Waals surface area contributed by atoms with Crippen LogP contribution < -0.4 is 87.7 Å². The Balaban J connectivity index is 1.41. The first-order valence-electron chi connectivity index (χ1n) is 42.7. The van der Waals surface area contributed by atoms with Crippen LogP contribution in [0.2, 0.25) is 0 Å². The summed E-state index contributed by atoms with van der Waals surface area (Å²) in [7, 11) is 27.5. The number of aromatic nitrogens is 12. The Bertz CT molecular complexity index is 4820. The van der Waals surface area contributed by atoms with Crippen LogP contribution in [0.1, 0.15) is 0 Å². The van der Waals surface area contributed by atoms with Crippen molar-refractivity contribution in [2.24, 2.45) is 0 Å². The van der Waals surface area contributed by atoms with Crippen molar-refractivity contribution in [3.8, 4) is 5.75 Å². The number of hydrogen-bond donors (Lipinski definition) is 12. The number of rotatable bonds is 54. The average molecular weight is 1860 g/mol. The van der Waals surface area contributed by atoms with Gasteiger partial charge in [0.1, 0.15) is 5.75 Å². The van der Waals surface area contributed by atoms with Crippen LogP contribution in [-0.2, 0) is 78.5 Å².